The number of halogens is 1. The lowest BCUT2D eigenvalue weighted by molar-refractivity contribution is -0.117. The van der Waals surface area contributed by atoms with Crippen LogP contribution >= 0.6 is 0 Å². The molecule has 3 aromatic heterocycles. The molecule has 0 saturated heterocycles. The summed E-state index contributed by atoms with van der Waals surface area (Å²) in [6.07, 6.45) is 6.91. The van der Waals surface area contributed by atoms with E-state index in [0.29, 0.717) is 17.0 Å². The van der Waals surface area contributed by atoms with Crippen molar-refractivity contribution in [2.45, 2.75) is 31.7 Å². The van der Waals surface area contributed by atoms with E-state index in [-0.39, 0.29) is 23.7 Å². The number of nitrogens with one attached hydrogen (secondary N) is 2. The molecule has 2 N–H and O–H groups in total. The topological polar surface area (TPSA) is 88.5 Å². The number of nitrogens with zero attached hydrogens (tertiary/aromatic N) is 4. The first-order valence-electron chi connectivity index (χ1n) is 10.4. The average Bonchev–Trinajstić information content (AvgIpc) is 3.38. The Morgan fingerprint density at radius 2 is 2.16 bits per heavy atom. The van der Waals surface area contributed by atoms with Gasteiger partial charge in [-0.1, -0.05) is 18.1 Å². The van der Waals surface area contributed by atoms with Gasteiger partial charge in [0.2, 0.25) is 0 Å². The summed E-state index contributed by atoms with van der Waals surface area (Å²) in [6.45, 7) is 1.62. The van der Waals surface area contributed by atoms with Crippen molar-refractivity contribution < 1.29 is 9.18 Å². The molecular weight excluding hydrogens is 407 g/mol. The van der Waals surface area contributed by atoms with Crippen LogP contribution in [0, 0.1) is 17.7 Å². The summed E-state index contributed by atoms with van der Waals surface area (Å²) in [4.78, 5) is 24.0. The highest BCUT2D eigenvalue weighted by Crippen LogP contribution is 2.39. The zero-order chi connectivity index (χ0) is 22.2. The summed E-state index contributed by atoms with van der Waals surface area (Å²) in [7, 11) is 1.84. The van der Waals surface area contributed by atoms with Gasteiger partial charge in [0.05, 0.1) is 17.3 Å². The number of carbonyl (C=O) groups is 1. The van der Waals surface area contributed by atoms with Crippen molar-refractivity contribution in [3.63, 3.8) is 0 Å². The van der Waals surface area contributed by atoms with Crippen molar-refractivity contribution in [2.24, 2.45) is 7.05 Å². The summed E-state index contributed by atoms with van der Waals surface area (Å²) in [5.74, 6) is 5.07. The van der Waals surface area contributed by atoms with Crippen LogP contribution in [0.3, 0.4) is 0 Å². The highest BCUT2D eigenvalue weighted by Gasteiger charge is 2.34. The Morgan fingerprint density at radius 1 is 1.28 bits per heavy atom. The van der Waals surface area contributed by atoms with E-state index in [1.165, 1.54) is 6.07 Å². The first-order chi connectivity index (χ1) is 15.5. The van der Waals surface area contributed by atoms with E-state index >= 15 is 4.39 Å². The monoisotopic (exact) mass is 428 g/mol. The van der Waals surface area contributed by atoms with Gasteiger partial charge in [-0.15, -0.1) is 0 Å². The second kappa shape index (κ2) is 7.93. The zero-order valence-electron chi connectivity index (χ0n) is 17.7. The Morgan fingerprint density at radius 3 is 2.84 bits per heavy atom. The Labute approximate surface area is 184 Å². The molecule has 32 heavy (non-hydrogen) atoms. The third-order valence-electron chi connectivity index (χ3n) is 5.91. The number of aromatic nitrogens is 5. The number of amides is 1. The number of rotatable bonds is 4. The molecule has 0 radical (unpaired) electrons. The number of pyridine rings is 1. The normalized spacial score (nSPS) is 17.5. The Kier molecular flexibility index (Phi) is 4.94. The molecule has 1 amide bonds. The van der Waals surface area contributed by atoms with Crippen LogP contribution in [0.15, 0.2) is 42.9 Å². The molecule has 7 nitrogen and oxygen atoms in total. The smallest absolute Gasteiger partial charge is 0.296 e. The van der Waals surface area contributed by atoms with E-state index in [0.717, 1.165) is 35.0 Å². The van der Waals surface area contributed by atoms with Gasteiger partial charge < -0.3 is 10.3 Å². The van der Waals surface area contributed by atoms with E-state index in [2.05, 4.69) is 37.2 Å². The minimum atomic E-state index is -0.318. The number of imidazole rings is 1. The van der Waals surface area contributed by atoms with Crippen LogP contribution in [0.5, 0.6) is 0 Å². The predicted octanol–water partition coefficient (Wildman–Crippen LogP) is 3.55. The van der Waals surface area contributed by atoms with Crippen LogP contribution in [-0.2, 0) is 11.8 Å². The molecule has 2 atom stereocenters. The maximum absolute atomic E-state index is 15.1. The van der Waals surface area contributed by atoms with Crippen molar-refractivity contribution in [1.29, 1.82) is 0 Å². The highest BCUT2D eigenvalue weighted by molar-refractivity contribution is 5.94. The fourth-order valence-electron chi connectivity index (χ4n) is 4.19. The third kappa shape index (κ3) is 3.52. The maximum atomic E-state index is 15.1. The van der Waals surface area contributed by atoms with Gasteiger partial charge in [-0.2, -0.15) is 5.10 Å². The number of benzene rings is 1. The van der Waals surface area contributed by atoms with Crippen LogP contribution in [0.25, 0.3) is 33.7 Å². The predicted molar refractivity (Wildman–Crippen MR) is 119 cm³/mol. The first kappa shape index (κ1) is 19.9. The second-order valence-electron chi connectivity index (χ2n) is 7.92. The van der Waals surface area contributed by atoms with Gasteiger partial charge >= 0.3 is 0 Å². The van der Waals surface area contributed by atoms with Gasteiger partial charge in [-0.05, 0) is 48.9 Å². The van der Waals surface area contributed by atoms with E-state index in [1.807, 2.05) is 31.4 Å². The molecule has 0 bridgehead atoms. The van der Waals surface area contributed by atoms with Gasteiger partial charge in [0.25, 0.3) is 5.91 Å². The quantitative estimate of drug-likeness (QED) is 0.487. The maximum Gasteiger partial charge on any atom is 0.296 e. The summed E-state index contributed by atoms with van der Waals surface area (Å²) in [5, 5.41) is 7.06. The first-order valence-corrected chi connectivity index (χ1v) is 10.4. The number of carbonyl (C=O) groups excluding carboxylic acids is 1. The van der Waals surface area contributed by atoms with Gasteiger partial charge in [0.15, 0.2) is 5.65 Å². The number of H-pyrrole nitrogens is 1. The minimum absolute atomic E-state index is 0.0477. The largest absolute Gasteiger partial charge is 0.342 e. The SMILES string of the molecule is CC#CC(=O)N[C@H]1CC[C@@H]1c1ccc(-c2ccnc3nc(-c4cnn(C)c4)[nH]c23)cc1F. The fourth-order valence-corrected chi connectivity index (χ4v) is 4.19. The van der Waals surface area contributed by atoms with Gasteiger partial charge in [0.1, 0.15) is 11.6 Å². The lowest BCUT2D eigenvalue weighted by Gasteiger charge is -2.37. The van der Waals surface area contributed by atoms with Crippen molar-refractivity contribution in [3.05, 3.63) is 54.2 Å². The van der Waals surface area contributed by atoms with Crippen molar-refractivity contribution >= 4 is 17.1 Å². The number of aryl methyl sites for hydroxylation is 1. The number of hydrogen-bond acceptors (Lipinski definition) is 4. The number of fused-ring (bicyclic) bond motifs is 1. The van der Waals surface area contributed by atoms with E-state index in [4.69, 9.17) is 0 Å². The fraction of sp³-hybridized carbons (Fsp3) is 0.250. The Balaban J connectivity index is 1.46. The second-order valence-corrected chi connectivity index (χ2v) is 7.92. The van der Waals surface area contributed by atoms with Crippen LogP contribution in [0.4, 0.5) is 4.39 Å². The lowest BCUT2D eigenvalue weighted by atomic mass is 9.74. The summed E-state index contributed by atoms with van der Waals surface area (Å²) in [5.41, 5.74) is 4.32. The van der Waals surface area contributed by atoms with Crippen LogP contribution < -0.4 is 5.32 Å². The average molecular weight is 428 g/mol. The van der Waals surface area contributed by atoms with Crippen LogP contribution in [-0.4, -0.2) is 36.7 Å². The molecule has 1 fully saturated rings. The molecule has 1 aliphatic rings. The van der Waals surface area contributed by atoms with Crippen LogP contribution in [0.1, 0.15) is 31.2 Å². The molecule has 5 rings (SSSR count). The molecule has 1 saturated carbocycles. The summed E-state index contributed by atoms with van der Waals surface area (Å²) in [6, 6.07) is 7.01. The number of aromatic amines is 1. The van der Waals surface area contributed by atoms with E-state index in [9.17, 15) is 4.79 Å². The number of hydrogen-bond donors (Lipinski definition) is 2. The molecule has 8 heteroatoms. The van der Waals surface area contributed by atoms with Crippen molar-refractivity contribution in [2.75, 3.05) is 0 Å². The Bertz CT molecular complexity index is 1390. The molecule has 1 aromatic carbocycles. The van der Waals surface area contributed by atoms with Gasteiger partial charge in [-0.25, -0.2) is 14.4 Å². The van der Waals surface area contributed by atoms with Gasteiger partial charge in [-0.3, -0.25) is 9.48 Å². The standard InChI is InChI=1S/C24H21FN6O/c1-3-4-21(32)28-20-8-7-18(20)17-6-5-14(11-19(17)25)16-9-10-26-24-22(16)29-23(30-24)15-12-27-31(2)13-15/h5-6,9-13,18,20H,7-8H2,1-2H3,(H,28,32)(H,26,29,30)/t18-,20+/m1/s1. The lowest BCUT2D eigenvalue weighted by Crippen LogP contribution is -2.45. The molecule has 160 valence electrons. The molecule has 1 aliphatic carbocycles. The van der Waals surface area contributed by atoms with Crippen LogP contribution in [0.2, 0.25) is 0 Å². The third-order valence-corrected chi connectivity index (χ3v) is 5.91. The Hall–Kier alpha value is -3.99. The molecule has 0 spiro atoms. The van der Waals surface area contributed by atoms with E-state index < -0.39 is 0 Å². The van der Waals surface area contributed by atoms with Gasteiger partial charge in [0, 0.05) is 37.0 Å². The molecule has 3 heterocycles. The summed E-state index contributed by atoms with van der Waals surface area (Å²) < 4.78 is 16.9. The van der Waals surface area contributed by atoms with E-state index in [1.54, 1.807) is 24.0 Å². The molecular formula is C24H21FN6O. The molecule has 4 aromatic rings. The van der Waals surface area contributed by atoms with Crippen molar-refractivity contribution in [1.82, 2.24) is 30.0 Å². The van der Waals surface area contributed by atoms with Crippen molar-refractivity contribution in [3.8, 4) is 34.4 Å². The summed E-state index contributed by atoms with van der Waals surface area (Å²) >= 11 is 0. The molecule has 0 aliphatic heterocycles. The highest BCUT2D eigenvalue weighted by atomic mass is 19.1. The minimum Gasteiger partial charge on any atom is -0.342 e. The molecule has 0 unspecified atom stereocenters. The zero-order valence-corrected chi connectivity index (χ0v) is 17.7.